The molecule has 0 atom stereocenters. The van der Waals surface area contributed by atoms with Crippen LogP contribution in [0.1, 0.15) is 45.4 Å². The van der Waals surface area contributed by atoms with Crippen molar-refractivity contribution in [1.29, 1.82) is 0 Å². The molecule has 3 nitrogen and oxygen atoms in total. The molecular weight excluding hydrogens is 190 g/mol. The summed E-state index contributed by atoms with van der Waals surface area (Å²) in [6.45, 7) is 4.99. The molecule has 0 aliphatic carbocycles. The molecule has 15 heavy (non-hydrogen) atoms. The lowest BCUT2D eigenvalue weighted by Gasteiger charge is -2.19. The number of aliphatic hydroxyl groups excluding tert-OH is 2. The van der Waals surface area contributed by atoms with Gasteiger partial charge in [0, 0.05) is 13.1 Å². The van der Waals surface area contributed by atoms with Gasteiger partial charge in [-0.1, -0.05) is 39.0 Å². The minimum atomic E-state index is 0.190. The molecule has 0 amide bonds. The Balaban J connectivity index is 3.28. The lowest BCUT2D eigenvalue weighted by atomic mass is 10.1. The summed E-state index contributed by atoms with van der Waals surface area (Å²) in [5, 5.41) is 17.6. The summed E-state index contributed by atoms with van der Waals surface area (Å²) in [7, 11) is 0. The number of hydrogen-bond acceptors (Lipinski definition) is 3. The molecule has 2 N–H and O–H groups in total. The smallest absolute Gasteiger partial charge is 0.0558 e. The highest BCUT2D eigenvalue weighted by Crippen LogP contribution is 2.05. The lowest BCUT2D eigenvalue weighted by Crippen LogP contribution is -2.30. The molecule has 0 bridgehead atoms. The van der Waals surface area contributed by atoms with E-state index in [0.29, 0.717) is 13.1 Å². The third kappa shape index (κ3) is 10.2. The average molecular weight is 217 g/mol. The highest BCUT2D eigenvalue weighted by molar-refractivity contribution is 4.56. The Kier molecular flexibility index (Phi) is 11.9. The summed E-state index contributed by atoms with van der Waals surface area (Å²) in [6.07, 6.45) is 7.76. The molecule has 3 heteroatoms. The van der Waals surface area contributed by atoms with Crippen LogP contribution in [0, 0.1) is 0 Å². The van der Waals surface area contributed by atoms with Crippen molar-refractivity contribution < 1.29 is 10.2 Å². The van der Waals surface area contributed by atoms with Crippen LogP contribution in [-0.4, -0.2) is 48.0 Å². The zero-order chi connectivity index (χ0) is 11.4. The van der Waals surface area contributed by atoms with E-state index >= 15 is 0 Å². The second-order valence-electron chi connectivity index (χ2n) is 4.06. The van der Waals surface area contributed by atoms with E-state index in [1.54, 1.807) is 0 Å². The monoisotopic (exact) mass is 217 g/mol. The van der Waals surface area contributed by atoms with Gasteiger partial charge in [0.1, 0.15) is 0 Å². The molecule has 0 aromatic carbocycles. The van der Waals surface area contributed by atoms with E-state index in [4.69, 9.17) is 10.2 Å². The van der Waals surface area contributed by atoms with Crippen LogP contribution >= 0.6 is 0 Å². The van der Waals surface area contributed by atoms with Crippen LogP contribution in [0.5, 0.6) is 0 Å². The molecule has 92 valence electrons. The number of hydrogen-bond donors (Lipinski definition) is 2. The largest absolute Gasteiger partial charge is 0.395 e. The molecule has 0 heterocycles. The second-order valence-corrected chi connectivity index (χ2v) is 4.06. The minimum absolute atomic E-state index is 0.190. The first-order valence-corrected chi connectivity index (χ1v) is 6.29. The Morgan fingerprint density at radius 3 is 1.80 bits per heavy atom. The highest BCUT2D eigenvalue weighted by Gasteiger charge is 2.02. The van der Waals surface area contributed by atoms with Crippen molar-refractivity contribution in [2.45, 2.75) is 45.4 Å². The first kappa shape index (κ1) is 14.9. The van der Waals surface area contributed by atoms with Crippen LogP contribution in [0.15, 0.2) is 0 Å². The van der Waals surface area contributed by atoms with Gasteiger partial charge in [-0.3, -0.25) is 4.90 Å². The van der Waals surface area contributed by atoms with Crippen molar-refractivity contribution in [3.63, 3.8) is 0 Å². The van der Waals surface area contributed by atoms with Crippen molar-refractivity contribution in [3.05, 3.63) is 0 Å². The number of aliphatic hydroxyl groups is 2. The fraction of sp³-hybridized carbons (Fsp3) is 1.00. The third-order valence-electron chi connectivity index (χ3n) is 2.66. The molecule has 0 unspecified atom stereocenters. The van der Waals surface area contributed by atoms with Crippen LogP contribution in [-0.2, 0) is 0 Å². The van der Waals surface area contributed by atoms with Crippen LogP contribution in [0.25, 0.3) is 0 Å². The van der Waals surface area contributed by atoms with Crippen molar-refractivity contribution in [1.82, 2.24) is 4.90 Å². The van der Waals surface area contributed by atoms with Gasteiger partial charge in [0.25, 0.3) is 0 Å². The van der Waals surface area contributed by atoms with Crippen molar-refractivity contribution in [2.75, 3.05) is 32.8 Å². The summed E-state index contributed by atoms with van der Waals surface area (Å²) in [5.74, 6) is 0. The normalized spacial score (nSPS) is 11.2. The quantitative estimate of drug-likeness (QED) is 0.517. The predicted molar refractivity (Wildman–Crippen MR) is 64.0 cm³/mol. The first-order valence-electron chi connectivity index (χ1n) is 6.29. The Morgan fingerprint density at radius 2 is 1.27 bits per heavy atom. The Labute approximate surface area is 94.1 Å². The highest BCUT2D eigenvalue weighted by atomic mass is 16.3. The maximum Gasteiger partial charge on any atom is 0.0558 e. The Morgan fingerprint density at radius 1 is 0.733 bits per heavy atom. The summed E-state index contributed by atoms with van der Waals surface area (Å²) in [5.41, 5.74) is 0. The van der Waals surface area contributed by atoms with Gasteiger partial charge in [0.05, 0.1) is 13.2 Å². The van der Waals surface area contributed by atoms with E-state index in [2.05, 4.69) is 11.8 Å². The van der Waals surface area contributed by atoms with Gasteiger partial charge in [-0.2, -0.15) is 0 Å². The molecule has 0 aliphatic rings. The minimum Gasteiger partial charge on any atom is -0.395 e. The van der Waals surface area contributed by atoms with Gasteiger partial charge in [0.2, 0.25) is 0 Å². The van der Waals surface area contributed by atoms with E-state index in [1.165, 1.54) is 38.5 Å². The third-order valence-corrected chi connectivity index (χ3v) is 2.66. The Bertz CT molecular complexity index is 114. The Hall–Kier alpha value is -0.120. The maximum absolute atomic E-state index is 8.81. The molecule has 0 fully saturated rings. The first-order chi connectivity index (χ1) is 7.35. The number of rotatable bonds is 11. The molecule has 0 aliphatic heterocycles. The average Bonchev–Trinajstić information content (AvgIpc) is 2.24. The van der Waals surface area contributed by atoms with Crippen molar-refractivity contribution in [3.8, 4) is 0 Å². The summed E-state index contributed by atoms with van der Waals surface area (Å²) < 4.78 is 0. The lowest BCUT2D eigenvalue weighted by molar-refractivity contribution is 0.159. The number of nitrogens with zero attached hydrogens (tertiary/aromatic N) is 1. The van der Waals surface area contributed by atoms with E-state index in [1.807, 2.05) is 0 Å². The van der Waals surface area contributed by atoms with Crippen molar-refractivity contribution in [2.24, 2.45) is 0 Å². The van der Waals surface area contributed by atoms with E-state index < -0.39 is 0 Å². The maximum atomic E-state index is 8.81. The van der Waals surface area contributed by atoms with Gasteiger partial charge in [-0.05, 0) is 13.0 Å². The fourth-order valence-corrected chi connectivity index (χ4v) is 1.73. The van der Waals surface area contributed by atoms with Gasteiger partial charge < -0.3 is 10.2 Å². The molecule has 0 rings (SSSR count). The predicted octanol–water partition coefficient (Wildman–Crippen LogP) is 1.63. The summed E-state index contributed by atoms with van der Waals surface area (Å²) in [6, 6.07) is 0. The molecule has 0 saturated heterocycles. The molecule has 0 aromatic heterocycles. The van der Waals surface area contributed by atoms with Gasteiger partial charge in [-0.15, -0.1) is 0 Å². The summed E-state index contributed by atoms with van der Waals surface area (Å²) in [4.78, 5) is 2.12. The van der Waals surface area contributed by atoms with Gasteiger partial charge in [0.15, 0.2) is 0 Å². The summed E-state index contributed by atoms with van der Waals surface area (Å²) >= 11 is 0. The topological polar surface area (TPSA) is 43.7 Å². The van der Waals surface area contributed by atoms with Gasteiger partial charge >= 0.3 is 0 Å². The molecular formula is C12H27NO2. The SMILES string of the molecule is CCCCCCCCN(CCO)CCO. The zero-order valence-electron chi connectivity index (χ0n) is 10.1. The van der Waals surface area contributed by atoms with Gasteiger partial charge in [-0.25, -0.2) is 0 Å². The second kappa shape index (κ2) is 12.0. The van der Waals surface area contributed by atoms with Crippen LogP contribution in [0.2, 0.25) is 0 Å². The zero-order valence-corrected chi connectivity index (χ0v) is 10.1. The van der Waals surface area contributed by atoms with E-state index in [-0.39, 0.29) is 13.2 Å². The molecule has 0 saturated carbocycles. The van der Waals surface area contributed by atoms with E-state index in [0.717, 1.165) is 6.54 Å². The molecule has 0 aromatic rings. The number of unbranched alkanes of at least 4 members (excludes halogenated alkanes) is 5. The van der Waals surface area contributed by atoms with Crippen molar-refractivity contribution >= 4 is 0 Å². The standard InChI is InChI=1S/C12H27NO2/c1-2-3-4-5-6-7-8-13(9-11-14)10-12-15/h14-15H,2-12H2,1H3. The van der Waals surface area contributed by atoms with Crippen LogP contribution < -0.4 is 0 Å². The molecule has 0 spiro atoms. The molecule has 0 radical (unpaired) electrons. The van der Waals surface area contributed by atoms with Crippen LogP contribution in [0.4, 0.5) is 0 Å². The fourth-order valence-electron chi connectivity index (χ4n) is 1.73. The van der Waals surface area contributed by atoms with E-state index in [9.17, 15) is 0 Å². The van der Waals surface area contributed by atoms with Crippen LogP contribution in [0.3, 0.4) is 0 Å².